The summed E-state index contributed by atoms with van der Waals surface area (Å²) in [5, 5.41) is 3.43. The smallest absolute Gasteiger partial charge is 0.123 e. The molecule has 3 heteroatoms. The summed E-state index contributed by atoms with van der Waals surface area (Å²) in [7, 11) is 0. The van der Waals surface area contributed by atoms with Crippen molar-refractivity contribution in [1.82, 2.24) is 5.32 Å². The second-order valence-corrected chi connectivity index (χ2v) is 5.53. The summed E-state index contributed by atoms with van der Waals surface area (Å²) in [6.07, 6.45) is 1.06. The maximum atomic E-state index is 13.1. The average molecular weight is 285 g/mol. The van der Waals surface area contributed by atoms with E-state index in [1.54, 1.807) is 12.1 Å². The number of piperidine rings is 1. The summed E-state index contributed by atoms with van der Waals surface area (Å²) >= 11 is 0. The Morgan fingerprint density at radius 2 is 1.81 bits per heavy atom. The Balaban J connectivity index is 1.68. The molecule has 1 heterocycles. The molecule has 21 heavy (non-hydrogen) atoms. The fraction of sp³-hybridized carbons (Fsp3) is 0.333. The Hall–Kier alpha value is -1.87. The van der Waals surface area contributed by atoms with E-state index in [2.05, 4.69) is 5.32 Å². The largest absolute Gasteiger partial charge is 0.493 e. The fourth-order valence-electron chi connectivity index (χ4n) is 2.97. The van der Waals surface area contributed by atoms with Crippen molar-refractivity contribution >= 4 is 0 Å². The number of halogens is 1. The summed E-state index contributed by atoms with van der Waals surface area (Å²) in [6.45, 7) is 2.62. The monoisotopic (exact) mass is 285 g/mol. The molecule has 1 N–H and O–H groups in total. The number of nitrogens with one attached hydrogen (secondary N) is 1. The quantitative estimate of drug-likeness (QED) is 0.927. The van der Waals surface area contributed by atoms with Crippen LogP contribution in [0.1, 0.15) is 17.9 Å². The van der Waals surface area contributed by atoms with Gasteiger partial charge in [0.2, 0.25) is 0 Å². The summed E-state index contributed by atoms with van der Waals surface area (Å²) in [6, 6.07) is 16.8. The van der Waals surface area contributed by atoms with Gasteiger partial charge in [0.15, 0.2) is 0 Å². The van der Waals surface area contributed by atoms with Crippen molar-refractivity contribution in [3.8, 4) is 5.75 Å². The van der Waals surface area contributed by atoms with Gasteiger partial charge in [-0.3, -0.25) is 0 Å². The van der Waals surface area contributed by atoms with E-state index in [-0.39, 0.29) is 5.82 Å². The van der Waals surface area contributed by atoms with Crippen LogP contribution < -0.4 is 10.1 Å². The second-order valence-electron chi connectivity index (χ2n) is 5.53. The lowest BCUT2D eigenvalue weighted by Gasteiger charge is -2.32. The van der Waals surface area contributed by atoms with Crippen LogP contribution >= 0.6 is 0 Å². The van der Waals surface area contributed by atoms with Gasteiger partial charge in [0.25, 0.3) is 0 Å². The highest BCUT2D eigenvalue weighted by Crippen LogP contribution is 2.31. The van der Waals surface area contributed by atoms with E-state index in [0.29, 0.717) is 18.4 Å². The SMILES string of the molecule is Fc1ccc([C@H]2CCNC[C@@H]2COc2ccccc2)cc1. The lowest BCUT2D eigenvalue weighted by atomic mass is 9.81. The van der Waals surface area contributed by atoms with Crippen molar-refractivity contribution in [3.05, 3.63) is 66.0 Å². The van der Waals surface area contributed by atoms with Crippen LogP contribution in [0.5, 0.6) is 5.75 Å². The Morgan fingerprint density at radius 3 is 2.57 bits per heavy atom. The highest BCUT2D eigenvalue weighted by atomic mass is 19.1. The highest BCUT2D eigenvalue weighted by Gasteiger charge is 2.26. The zero-order chi connectivity index (χ0) is 14.5. The topological polar surface area (TPSA) is 21.3 Å². The molecule has 0 aromatic heterocycles. The molecule has 2 aromatic carbocycles. The molecule has 0 spiro atoms. The van der Waals surface area contributed by atoms with Gasteiger partial charge in [-0.05, 0) is 48.7 Å². The lowest BCUT2D eigenvalue weighted by Crippen LogP contribution is -2.38. The van der Waals surface area contributed by atoms with E-state index in [1.807, 2.05) is 42.5 Å². The molecule has 3 rings (SSSR count). The summed E-state index contributed by atoms with van der Waals surface area (Å²) in [5.41, 5.74) is 1.21. The molecule has 0 radical (unpaired) electrons. The molecule has 0 unspecified atom stereocenters. The molecule has 1 aliphatic heterocycles. The molecule has 2 aromatic rings. The van der Waals surface area contributed by atoms with Crippen molar-refractivity contribution < 1.29 is 9.13 Å². The molecule has 2 atom stereocenters. The van der Waals surface area contributed by atoms with Crippen LogP contribution in [0.3, 0.4) is 0 Å². The number of para-hydroxylation sites is 1. The van der Waals surface area contributed by atoms with Gasteiger partial charge in [0.1, 0.15) is 11.6 Å². The minimum Gasteiger partial charge on any atom is -0.493 e. The van der Waals surface area contributed by atoms with Crippen LogP contribution in [0.2, 0.25) is 0 Å². The minimum atomic E-state index is -0.176. The Morgan fingerprint density at radius 1 is 1.05 bits per heavy atom. The van der Waals surface area contributed by atoms with Crippen LogP contribution in [0.25, 0.3) is 0 Å². The number of hydrogen-bond donors (Lipinski definition) is 1. The van der Waals surface area contributed by atoms with E-state index in [9.17, 15) is 4.39 Å². The highest BCUT2D eigenvalue weighted by molar-refractivity contribution is 5.23. The number of ether oxygens (including phenoxy) is 1. The van der Waals surface area contributed by atoms with Crippen molar-refractivity contribution in [2.24, 2.45) is 5.92 Å². The third kappa shape index (κ3) is 3.61. The van der Waals surface area contributed by atoms with Crippen LogP contribution in [0.15, 0.2) is 54.6 Å². The number of rotatable bonds is 4. The van der Waals surface area contributed by atoms with Crippen LogP contribution in [-0.4, -0.2) is 19.7 Å². The van der Waals surface area contributed by atoms with Gasteiger partial charge in [-0.2, -0.15) is 0 Å². The van der Waals surface area contributed by atoms with Crippen molar-refractivity contribution in [2.75, 3.05) is 19.7 Å². The maximum absolute atomic E-state index is 13.1. The summed E-state index contributed by atoms with van der Waals surface area (Å²) in [5.74, 6) is 1.56. The van der Waals surface area contributed by atoms with E-state index in [0.717, 1.165) is 25.3 Å². The number of hydrogen-bond acceptors (Lipinski definition) is 2. The van der Waals surface area contributed by atoms with Crippen molar-refractivity contribution in [1.29, 1.82) is 0 Å². The molecule has 110 valence electrons. The standard InChI is InChI=1S/C18H20FNO/c19-16-8-6-14(7-9-16)18-10-11-20-12-15(18)13-21-17-4-2-1-3-5-17/h1-9,15,18,20H,10-13H2/t15-,18-/m1/s1. The van der Waals surface area contributed by atoms with Gasteiger partial charge >= 0.3 is 0 Å². The van der Waals surface area contributed by atoms with Gasteiger partial charge < -0.3 is 10.1 Å². The first-order chi connectivity index (χ1) is 10.3. The van der Waals surface area contributed by atoms with Gasteiger partial charge in [-0.1, -0.05) is 30.3 Å². The first-order valence-corrected chi connectivity index (χ1v) is 7.47. The van der Waals surface area contributed by atoms with E-state index >= 15 is 0 Å². The first-order valence-electron chi connectivity index (χ1n) is 7.47. The molecule has 0 bridgehead atoms. The minimum absolute atomic E-state index is 0.176. The predicted molar refractivity (Wildman–Crippen MR) is 82.1 cm³/mol. The van der Waals surface area contributed by atoms with Gasteiger partial charge in [0.05, 0.1) is 6.61 Å². The Bertz CT molecular complexity index is 555. The van der Waals surface area contributed by atoms with Gasteiger partial charge in [-0.15, -0.1) is 0 Å². The normalized spacial score (nSPS) is 22.0. The van der Waals surface area contributed by atoms with Crippen LogP contribution in [0, 0.1) is 11.7 Å². The second kappa shape index (κ2) is 6.72. The number of benzene rings is 2. The molecular formula is C18H20FNO. The first kappa shape index (κ1) is 14.1. The molecule has 0 amide bonds. The maximum Gasteiger partial charge on any atom is 0.123 e. The lowest BCUT2D eigenvalue weighted by molar-refractivity contribution is 0.197. The van der Waals surface area contributed by atoms with E-state index in [4.69, 9.17) is 4.74 Å². The molecular weight excluding hydrogens is 265 g/mol. The van der Waals surface area contributed by atoms with E-state index in [1.165, 1.54) is 5.56 Å². The predicted octanol–water partition coefficient (Wildman–Crippen LogP) is 3.60. The van der Waals surface area contributed by atoms with E-state index < -0.39 is 0 Å². The molecule has 1 fully saturated rings. The zero-order valence-electron chi connectivity index (χ0n) is 12.0. The molecule has 0 aliphatic carbocycles. The molecule has 1 aliphatic rings. The molecule has 1 saturated heterocycles. The average Bonchev–Trinajstić information content (AvgIpc) is 2.55. The van der Waals surface area contributed by atoms with Crippen molar-refractivity contribution in [2.45, 2.75) is 12.3 Å². The zero-order valence-corrected chi connectivity index (χ0v) is 12.0. The van der Waals surface area contributed by atoms with Gasteiger partial charge in [-0.25, -0.2) is 4.39 Å². The Kier molecular flexibility index (Phi) is 4.51. The molecule has 0 saturated carbocycles. The third-order valence-corrected chi connectivity index (χ3v) is 4.11. The molecule has 2 nitrogen and oxygen atoms in total. The summed E-state index contributed by atoms with van der Waals surface area (Å²) < 4.78 is 19.0. The van der Waals surface area contributed by atoms with Crippen LogP contribution in [-0.2, 0) is 0 Å². The Labute approximate surface area is 125 Å². The van der Waals surface area contributed by atoms with Crippen LogP contribution in [0.4, 0.5) is 4.39 Å². The summed E-state index contributed by atoms with van der Waals surface area (Å²) in [4.78, 5) is 0. The fourth-order valence-corrected chi connectivity index (χ4v) is 2.97. The third-order valence-electron chi connectivity index (χ3n) is 4.11. The van der Waals surface area contributed by atoms with Crippen molar-refractivity contribution in [3.63, 3.8) is 0 Å². The van der Waals surface area contributed by atoms with Gasteiger partial charge in [0, 0.05) is 12.5 Å².